The van der Waals surface area contributed by atoms with Crippen LogP contribution in [0.25, 0.3) is 0 Å². The molecule has 8 heteroatoms. The summed E-state index contributed by atoms with van der Waals surface area (Å²) < 4.78 is 26.0. The van der Waals surface area contributed by atoms with Gasteiger partial charge in [0.05, 0.1) is 19.0 Å². The molecule has 1 aliphatic heterocycles. The van der Waals surface area contributed by atoms with Gasteiger partial charge in [-0.2, -0.15) is 0 Å². The maximum absolute atomic E-state index is 13.0. The van der Waals surface area contributed by atoms with Crippen molar-refractivity contribution in [3.63, 3.8) is 0 Å². The van der Waals surface area contributed by atoms with Gasteiger partial charge in [0.2, 0.25) is 11.8 Å². The summed E-state index contributed by atoms with van der Waals surface area (Å²) in [6, 6.07) is 0. The number of carbonyl (C=O) groups excluding carboxylic acids is 2. The minimum absolute atomic E-state index is 0. The van der Waals surface area contributed by atoms with Crippen LogP contribution < -0.4 is 11.1 Å². The summed E-state index contributed by atoms with van der Waals surface area (Å²) in [5.41, 5.74) is 4.91. The van der Waals surface area contributed by atoms with Gasteiger partial charge >= 0.3 is 0 Å². The maximum Gasteiger partial charge on any atom is 0.277 e. The van der Waals surface area contributed by atoms with E-state index in [-0.39, 0.29) is 18.3 Å². The average molecular weight is 328 g/mol. The van der Waals surface area contributed by atoms with E-state index in [9.17, 15) is 18.4 Å². The molecule has 0 radical (unpaired) electrons. The zero-order valence-corrected chi connectivity index (χ0v) is 13.1. The highest BCUT2D eigenvalue weighted by atomic mass is 35.5. The lowest BCUT2D eigenvalue weighted by molar-refractivity contribution is -0.136. The number of alkyl halides is 2. The van der Waals surface area contributed by atoms with E-state index in [4.69, 9.17) is 5.73 Å². The van der Waals surface area contributed by atoms with Crippen LogP contribution in [0, 0.1) is 5.92 Å². The maximum atomic E-state index is 13.0. The van der Waals surface area contributed by atoms with Crippen molar-refractivity contribution < 1.29 is 18.4 Å². The summed E-state index contributed by atoms with van der Waals surface area (Å²) in [5.74, 6) is -3.88. The van der Waals surface area contributed by atoms with Crippen LogP contribution in [0.5, 0.6) is 0 Å². The first-order chi connectivity index (χ1) is 9.39. The Labute approximate surface area is 130 Å². The van der Waals surface area contributed by atoms with Gasteiger partial charge in [0, 0.05) is 19.5 Å². The monoisotopic (exact) mass is 327 g/mol. The van der Waals surface area contributed by atoms with Crippen LogP contribution in [0.3, 0.4) is 0 Å². The highest BCUT2D eigenvalue weighted by Gasteiger charge is 2.31. The minimum atomic E-state index is -3.08. The number of carbonyl (C=O) groups is 2. The molecule has 0 aliphatic carbocycles. The Balaban J connectivity index is 0.00000400. The number of hydrogen-bond donors (Lipinski definition) is 2. The van der Waals surface area contributed by atoms with E-state index >= 15 is 0 Å². The van der Waals surface area contributed by atoms with E-state index in [1.165, 1.54) is 0 Å². The minimum Gasteiger partial charge on any atom is -0.350 e. The number of nitrogens with one attached hydrogen (secondary N) is 1. The number of likely N-dealkylation sites (tertiary alicyclic amines) is 1. The number of nitrogens with zero attached hydrogens (tertiary/aromatic N) is 1. The molecule has 3 N–H and O–H groups in total. The van der Waals surface area contributed by atoms with E-state index in [1.54, 1.807) is 4.90 Å². The van der Waals surface area contributed by atoms with Crippen molar-refractivity contribution in [1.82, 2.24) is 10.2 Å². The summed E-state index contributed by atoms with van der Waals surface area (Å²) >= 11 is 0. The lowest BCUT2D eigenvalue weighted by Gasteiger charge is -2.32. The van der Waals surface area contributed by atoms with Crippen molar-refractivity contribution in [2.75, 3.05) is 26.2 Å². The van der Waals surface area contributed by atoms with Gasteiger partial charge in [0.25, 0.3) is 5.92 Å². The van der Waals surface area contributed by atoms with E-state index in [2.05, 4.69) is 5.32 Å². The molecular weight excluding hydrogens is 304 g/mol. The quantitative estimate of drug-likeness (QED) is 0.768. The molecule has 1 heterocycles. The largest absolute Gasteiger partial charge is 0.350 e. The molecule has 1 saturated heterocycles. The Bertz CT molecular complexity index is 356. The van der Waals surface area contributed by atoms with Gasteiger partial charge in [-0.15, -0.1) is 12.4 Å². The third-order valence-electron chi connectivity index (χ3n) is 3.43. The van der Waals surface area contributed by atoms with Crippen molar-refractivity contribution >= 4 is 24.2 Å². The summed E-state index contributed by atoms with van der Waals surface area (Å²) in [5, 5.41) is 2.23. The smallest absolute Gasteiger partial charge is 0.277 e. The standard InChI is InChI=1S/C13H23F2N3O2.ClH/c1-2-4-11(19)18-6-3-5-10(7-18)12(20)17-9-13(14,15)8-16;/h10H,2-9,16H2,1H3,(H,17,20);1H. The fourth-order valence-corrected chi connectivity index (χ4v) is 2.22. The number of amides is 2. The molecule has 5 nitrogen and oxygen atoms in total. The van der Waals surface area contributed by atoms with Gasteiger partial charge in [0.1, 0.15) is 0 Å². The molecule has 1 unspecified atom stereocenters. The predicted octanol–water partition coefficient (Wildman–Crippen LogP) is 1.16. The molecule has 0 spiro atoms. The topological polar surface area (TPSA) is 75.4 Å². The Morgan fingerprint density at radius 1 is 1.43 bits per heavy atom. The number of rotatable bonds is 6. The molecule has 1 atom stereocenters. The van der Waals surface area contributed by atoms with Gasteiger partial charge in [-0.25, -0.2) is 8.78 Å². The molecule has 0 aromatic carbocycles. The molecule has 0 saturated carbocycles. The van der Waals surface area contributed by atoms with Gasteiger partial charge in [-0.1, -0.05) is 6.92 Å². The number of halogens is 3. The van der Waals surface area contributed by atoms with Crippen LogP contribution in [0.1, 0.15) is 32.6 Å². The van der Waals surface area contributed by atoms with Crippen LogP contribution in [0.2, 0.25) is 0 Å². The SMILES string of the molecule is CCCC(=O)N1CCCC(C(=O)NCC(F)(F)CN)C1.Cl. The second-order valence-electron chi connectivity index (χ2n) is 5.21. The van der Waals surface area contributed by atoms with Crippen LogP contribution in [0.4, 0.5) is 8.78 Å². The Morgan fingerprint density at radius 3 is 2.67 bits per heavy atom. The first kappa shape index (κ1) is 20.1. The fourth-order valence-electron chi connectivity index (χ4n) is 2.22. The summed E-state index contributed by atoms with van der Waals surface area (Å²) in [6.45, 7) is 1.34. The van der Waals surface area contributed by atoms with Crippen molar-refractivity contribution in [3.05, 3.63) is 0 Å². The molecule has 124 valence electrons. The Kier molecular flexibility index (Phi) is 8.73. The van der Waals surface area contributed by atoms with E-state index < -0.39 is 30.8 Å². The molecular formula is C13H24ClF2N3O2. The predicted molar refractivity (Wildman–Crippen MR) is 78.5 cm³/mol. The Hall–Kier alpha value is -0.950. The summed E-state index contributed by atoms with van der Waals surface area (Å²) in [4.78, 5) is 25.3. The lowest BCUT2D eigenvalue weighted by Crippen LogP contribution is -2.48. The van der Waals surface area contributed by atoms with E-state index in [0.29, 0.717) is 25.9 Å². The van der Waals surface area contributed by atoms with Crippen molar-refractivity contribution in [3.8, 4) is 0 Å². The third-order valence-corrected chi connectivity index (χ3v) is 3.43. The molecule has 21 heavy (non-hydrogen) atoms. The zero-order valence-electron chi connectivity index (χ0n) is 12.2. The summed E-state index contributed by atoms with van der Waals surface area (Å²) in [7, 11) is 0. The normalized spacial score (nSPS) is 18.9. The lowest BCUT2D eigenvalue weighted by atomic mass is 9.96. The highest BCUT2D eigenvalue weighted by Crippen LogP contribution is 2.18. The van der Waals surface area contributed by atoms with Crippen molar-refractivity contribution in [1.29, 1.82) is 0 Å². The van der Waals surface area contributed by atoms with E-state index in [0.717, 1.165) is 12.8 Å². The fraction of sp³-hybridized carbons (Fsp3) is 0.846. The van der Waals surface area contributed by atoms with Crippen molar-refractivity contribution in [2.24, 2.45) is 11.7 Å². The second kappa shape index (κ2) is 9.15. The van der Waals surface area contributed by atoms with Gasteiger partial charge in [0.15, 0.2) is 0 Å². The molecule has 0 aromatic rings. The van der Waals surface area contributed by atoms with Crippen LogP contribution in [-0.4, -0.2) is 48.8 Å². The second-order valence-corrected chi connectivity index (χ2v) is 5.21. The van der Waals surface area contributed by atoms with Gasteiger partial charge in [-0.3, -0.25) is 9.59 Å². The molecule has 1 fully saturated rings. The Morgan fingerprint density at radius 2 is 2.10 bits per heavy atom. The first-order valence-corrected chi connectivity index (χ1v) is 7.03. The van der Waals surface area contributed by atoms with Crippen LogP contribution in [-0.2, 0) is 9.59 Å². The third kappa shape index (κ3) is 6.56. The number of piperidine rings is 1. The molecule has 1 rings (SSSR count). The number of nitrogens with two attached hydrogens (primary N) is 1. The average Bonchev–Trinajstić information content (AvgIpc) is 2.45. The van der Waals surface area contributed by atoms with Crippen LogP contribution in [0.15, 0.2) is 0 Å². The van der Waals surface area contributed by atoms with Gasteiger partial charge in [-0.05, 0) is 19.3 Å². The van der Waals surface area contributed by atoms with Crippen LogP contribution >= 0.6 is 12.4 Å². The van der Waals surface area contributed by atoms with Gasteiger partial charge < -0.3 is 16.0 Å². The first-order valence-electron chi connectivity index (χ1n) is 7.03. The highest BCUT2D eigenvalue weighted by molar-refractivity contribution is 5.85. The summed E-state index contributed by atoms with van der Waals surface area (Å²) in [6.07, 6.45) is 2.56. The van der Waals surface area contributed by atoms with Crippen molar-refractivity contribution in [2.45, 2.75) is 38.5 Å². The van der Waals surface area contributed by atoms with E-state index in [1.807, 2.05) is 6.92 Å². The molecule has 1 aliphatic rings. The molecule has 0 aromatic heterocycles. The molecule has 0 bridgehead atoms. The zero-order chi connectivity index (χ0) is 15.2. The number of hydrogen-bond acceptors (Lipinski definition) is 3. The molecule has 2 amide bonds.